The van der Waals surface area contributed by atoms with E-state index in [1.165, 1.54) is 12.5 Å². The Bertz CT molecular complexity index is 855. The number of ether oxygens (including phenoxy) is 1. The number of benzene rings is 2. The van der Waals surface area contributed by atoms with Gasteiger partial charge in [-0.05, 0) is 36.8 Å². The summed E-state index contributed by atoms with van der Waals surface area (Å²) in [5.41, 5.74) is 2.47. The van der Waals surface area contributed by atoms with Crippen LogP contribution in [0.1, 0.15) is 28.5 Å². The third-order valence-electron chi connectivity index (χ3n) is 3.50. The molecule has 1 heterocycles. The molecule has 2 aromatic carbocycles. The van der Waals surface area contributed by atoms with Crippen molar-refractivity contribution in [2.45, 2.75) is 20.4 Å². The highest BCUT2D eigenvalue weighted by Gasteiger charge is 2.19. The molecule has 0 aliphatic heterocycles. The van der Waals surface area contributed by atoms with Crippen LogP contribution in [-0.4, -0.2) is 20.8 Å². The number of rotatable bonds is 5. The molecule has 0 radical (unpaired) electrons. The SMILES string of the molecule is CC(=O)c1nnn(Cc2ccc(C)cc2)c1Oc1ccc(Br)cc1. The van der Waals surface area contributed by atoms with Gasteiger partial charge in [0.1, 0.15) is 5.75 Å². The molecule has 5 nitrogen and oxygen atoms in total. The predicted molar refractivity (Wildman–Crippen MR) is 94.5 cm³/mol. The first-order valence-corrected chi connectivity index (χ1v) is 8.25. The number of hydrogen-bond donors (Lipinski definition) is 0. The fourth-order valence-corrected chi connectivity index (χ4v) is 2.47. The van der Waals surface area contributed by atoms with Gasteiger partial charge in [-0.3, -0.25) is 4.79 Å². The van der Waals surface area contributed by atoms with Crippen LogP contribution in [0.4, 0.5) is 0 Å². The van der Waals surface area contributed by atoms with Crippen molar-refractivity contribution in [3.8, 4) is 11.6 Å². The number of Topliss-reactive ketones (excluding diaryl/α,β-unsaturated/α-hetero) is 1. The Morgan fingerprint density at radius 3 is 2.42 bits per heavy atom. The molecule has 24 heavy (non-hydrogen) atoms. The van der Waals surface area contributed by atoms with Crippen molar-refractivity contribution in [2.24, 2.45) is 0 Å². The van der Waals surface area contributed by atoms with Gasteiger partial charge in [0.2, 0.25) is 5.88 Å². The van der Waals surface area contributed by atoms with Gasteiger partial charge in [-0.25, -0.2) is 4.68 Å². The average molecular weight is 386 g/mol. The van der Waals surface area contributed by atoms with Gasteiger partial charge in [0.15, 0.2) is 11.5 Å². The third-order valence-corrected chi connectivity index (χ3v) is 4.03. The standard InChI is InChI=1S/C18H16BrN3O2/c1-12-3-5-14(6-4-12)11-22-18(17(13(2)23)20-21-22)24-16-9-7-15(19)8-10-16/h3-10H,11H2,1-2H3. The van der Waals surface area contributed by atoms with Gasteiger partial charge in [0.25, 0.3) is 0 Å². The van der Waals surface area contributed by atoms with Gasteiger partial charge in [0, 0.05) is 11.4 Å². The van der Waals surface area contributed by atoms with Gasteiger partial charge in [-0.1, -0.05) is 51.0 Å². The second kappa shape index (κ2) is 6.97. The second-order valence-electron chi connectivity index (χ2n) is 5.50. The van der Waals surface area contributed by atoms with E-state index >= 15 is 0 Å². The van der Waals surface area contributed by atoms with Crippen molar-refractivity contribution < 1.29 is 9.53 Å². The van der Waals surface area contributed by atoms with Crippen LogP contribution in [0.25, 0.3) is 0 Å². The minimum absolute atomic E-state index is 0.183. The highest BCUT2D eigenvalue weighted by atomic mass is 79.9. The Labute approximate surface area is 148 Å². The summed E-state index contributed by atoms with van der Waals surface area (Å²) < 4.78 is 8.44. The van der Waals surface area contributed by atoms with E-state index < -0.39 is 0 Å². The minimum Gasteiger partial charge on any atom is -0.437 e. The Morgan fingerprint density at radius 1 is 1.12 bits per heavy atom. The van der Waals surface area contributed by atoms with Crippen LogP contribution in [0.2, 0.25) is 0 Å². The summed E-state index contributed by atoms with van der Waals surface area (Å²) in [5.74, 6) is 0.788. The fourth-order valence-electron chi connectivity index (χ4n) is 2.21. The first-order chi connectivity index (χ1) is 11.5. The number of halogens is 1. The number of aryl methyl sites for hydroxylation is 1. The molecule has 1 aromatic heterocycles. The summed E-state index contributed by atoms with van der Waals surface area (Å²) >= 11 is 3.39. The van der Waals surface area contributed by atoms with Gasteiger partial charge >= 0.3 is 0 Å². The molecule has 0 aliphatic carbocycles. The largest absolute Gasteiger partial charge is 0.437 e. The maximum Gasteiger partial charge on any atom is 0.249 e. The molecule has 0 amide bonds. The zero-order valence-electron chi connectivity index (χ0n) is 13.4. The number of carbonyl (C=O) groups excluding carboxylic acids is 1. The average Bonchev–Trinajstić information content (AvgIpc) is 2.94. The van der Waals surface area contributed by atoms with Crippen molar-refractivity contribution in [3.63, 3.8) is 0 Å². The van der Waals surface area contributed by atoms with Crippen LogP contribution in [0.3, 0.4) is 0 Å². The van der Waals surface area contributed by atoms with E-state index in [4.69, 9.17) is 4.74 Å². The van der Waals surface area contributed by atoms with Gasteiger partial charge < -0.3 is 4.74 Å². The maximum atomic E-state index is 11.8. The summed E-state index contributed by atoms with van der Waals surface area (Å²) in [7, 11) is 0. The lowest BCUT2D eigenvalue weighted by molar-refractivity contribution is 0.101. The number of aromatic nitrogens is 3. The Hall–Kier alpha value is -2.47. The van der Waals surface area contributed by atoms with Crippen LogP contribution in [0.5, 0.6) is 11.6 Å². The third kappa shape index (κ3) is 3.71. The van der Waals surface area contributed by atoms with Crippen molar-refractivity contribution >= 4 is 21.7 Å². The molecule has 3 aromatic rings. The smallest absolute Gasteiger partial charge is 0.249 e. The van der Waals surface area contributed by atoms with E-state index in [1.807, 2.05) is 55.5 Å². The Morgan fingerprint density at radius 2 is 1.79 bits per heavy atom. The number of carbonyl (C=O) groups is 1. The van der Waals surface area contributed by atoms with E-state index in [-0.39, 0.29) is 11.5 Å². The van der Waals surface area contributed by atoms with E-state index in [0.29, 0.717) is 18.2 Å². The topological polar surface area (TPSA) is 57.0 Å². The molecule has 0 N–H and O–H groups in total. The van der Waals surface area contributed by atoms with E-state index in [2.05, 4.69) is 26.2 Å². The molecule has 0 saturated carbocycles. The van der Waals surface area contributed by atoms with Gasteiger partial charge in [-0.2, -0.15) is 0 Å². The molecule has 0 bridgehead atoms. The molecule has 3 rings (SSSR count). The monoisotopic (exact) mass is 385 g/mol. The minimum atomic E-state index is -0.183. The van der Waals surface area contributed by atoms with E-state index in [0.717, 1.165) is 10.0 Å². The highest BCUT2D eigenvalue weighted by molar-refractivity contribution is 9.10. The summed E-state index contributed by atoms with van der Waals surface area (Å²) in [4.78, 5) is 11.8. The van der Waals surface area contributed by atoms with E-state index in [1.54, 1.807) is 4.68 Å². The molecule has 0 aliphatic rings. The predicted octanol–water partition coefficient (Wildman–Crippen LogP) is 4.39. The first kappa shape index (κ1) is 16.4. The molecular weight excluding hydrogens is 370 g/mol. The van der Waals surface area contributed by atoms with Crippen molar-refractivity contribution in [1.82, 2.24) is 15.0 Å². The normalized spacial score (nSPS) is 10.6. The zero-order valence-corrected chi connectivity index (χ0v) is 14.9. The molecule has 0 spiro atoms. The Balaban J connectivity index is 1.93. The van der Waals surface area contributed by atoms with E-state index in [9.17, 15) is 4.79 Å². The lowest BCUT2D eigenvalue weighted by Gasteiger charge is -2.09. The second-order valence-corrected chi connectivity index (χ2v) is 6.41. The lowest BCUT2D eigenvalue weighted by atomic mass is 10.1. The number of hydrogen-bond acceptors (Lipinski definition) is 4. The van der Waals surface area contributed by atoms with Crippen LogP contribution in [0.15, 0.2) is 53.0 Å². The summed E-state index contributed by atoms with van der Waals surface area (Å²) in [6.45, 7) is 3.97. The van der Waals surface area contributed by atoms with Crippen molar-refractivity contribution in [3.05, 3.63) is 69.8 Å². The molecule has 0 saturated heterocycles. The summed E-state index contributed by atoms with van der Waals surface area (Å²) in [5, 5.41) is 8.05. The lowest BCUT2D eigenvalue weighted by Crippen LogP contribution is -2.05. The number of nitrogens with zero attached hydrogens (tertiary/aromatic N) is 3. The summed E-state index contributed by atoms with van der Waals surface area (Å²) in [6.07, 6.45) is 0. The van der Waals surface area contributed by atoms with Crippen LogP contribution < -0.4 is 4.74 Å². The molecule has 0 unspecified atom stereocenters. The van der Waals surface area contributed by atoms with Gasteiger partial charge in [0.05, 0.1) is 6.54 Å². The first-order valence-electron chi connectivity index (χ1n) is 7.46. The maximum absolute atomic E-state index is 11.8. The Kier molecular flexibility index (Phi) is 4.76. The number of ketones is 1. The molecule has 0 atom stereocenters. The molecule has 6 heteroatoms. The molecule has 122 valence electrons. The zero-order chi connectivity index (χ0) is 17.1. The van der Waals surface area contributed by atoms with Crippen molar-refractivity contribution in [2.75, 3.05) is 0 Å². The molecular formula is C18H16BrN3O2. The quantitative estimate of drug-likeness (QED) is 0.611. The van der Waals surface area contributed by atoms with Crippen LogP contribution >= 0.6 is 15.9 Å². The van der Waals surface area contributed by atoms with Crippen molar-refractivity contribution in [1.29, 1.82) is 0 Å². The highest BCUT2D eigenvalue weighted by Crippen LogP contribution is 2.26. The molecule has 0 fully saturated rings. The van der Waals surface area contributed by atoms with Gasteiger partial charge in [-0.15, -0.1) is 5.10 Å². The summed E-state index contributed by atoms with van der Waals surface area (Å²) in [6, 6.07) is 15.5. The van der Waals surface area contributed by atoms with Crippen LogP contribution in [0, 0.1) is 6.92 Å². The van der Waals surface area contributed by atoms with Crippen LogP contribution in [-0.2, 0) is 6.54 Å². The fraction of sp³-hybridized carbons (Fsp3) is 0.167.